The van der Waals surface area contributed by atoms with Gasteiger partial charge in [-0.2, -0.15) is 0 Å². The largest absolute Gasteiger partial charge is 0.478 e. The van der Waals surface area contributed by atoms with E-state index >= 15 is 0 Å². The maximum absolute atomic E-state index is 13.1. The molecule has 0 fully saturated rings. The Labute approximate surface area is 149 Å². The Morgan fingerprint density at radius 1 is 0.885 bits per heavy atom. The summed E-state index contributed by atoms with van der Waals surface area (Å²) in [6.45, 7) is 0. The number of carboxylic acid groups (broad SMARTS) is 1. The molecule has 0 aliphatic carbocycles. The number of sulfonamides is 1. The van der Waals surface area contributed by atoms with Crippen molar-refractivity contribution in [3.8, 4) is 11.1 Å². The lowest BCUT2D eigenvalue weighted by Gasteiger charge is -2.10. The van der Waals surface area contributed by atoms with Gasteiger partial charge in [-0.25, -0.2) is 17.6 Å². The monoisotopic (exact) mass is 371 g/mol. The van der Waals surface area contributed by atoms with Gasteiger partial charge in [0.05, 0.1) is 10.5 Å². The summed E-state index contributed by atoms with van der Waals surface area (Å²) in [5, 5.41) is 9.00. The molecule has 0 aromatic heterocycles. The molecule has 132 valence electrons. The summed E-state index contributed by atoms with van der Waals surface area (Å²) in [6.07, 6.45) is 0. The van der Waals surface area contributed by atoms with Crippen LogP contribution in [0, 0.1) is 5.82 Å². The van der Waals surface area contributed by atoms with Gasteiger partial charge >= 0.3 is 5.97 Å². The Kier molecular flexibility index (Phi) is 4.73. The van der Waals surface area contributed by atoms with Crippen molar-refractivity contribution < 1.29 is 22.7 Å². The van der Waals surface area contributed by atoms with Crippen LogP contribution in [0.1, 0.15) is 10.4 Å². The van der Waals surface area contributed by atoms with Gasteiger partial charge in [-0.05, 0) is 53.6 Å². The fraction of sp³-hybridized carbons (Fsp3) is 0. The zero-order valence-corrected chi connectivity index (χ0v) is 14.2. The first-order valence-corrected chi connectivity index (χ1v) is 9.06. The number of nitrogens with one attached hydrogen (secondary N) is 1. The minimum atomic E-state index is -3.91. The van der Waals surface area contributed by atoms with E-state index in [9.17, 15) is 17.6 Å². The van der Waals surface area contributed by atoms with Gasteiger partial charge in [-0.15, -0.1) is 0 Å². The molecule has 0 heterocycles. The lowest BCUT2D eigenvalue weighted by Crippen LogP contribution is -2.13. The molecule has 0 atom stereocenters. The molecule has 0 radical (unpaired) electrons. The average Bonchev–Trinajstić information content (AvgIpc) is 2.62. The molecule has 0 spiro atoms. The maximum Gasteiger partial charge on any atom is 0.335 e. The van der Waals surface area contributed by atoms with E-state index in [0.29, 0.717) is 11.1 Å². The molecule has 0 amide bonds. The Balaban J connectivity index is 1.92. The van der Waals surface area contributed by atoms with Crippen molar-refractivity contribution in [2.45, 2.75) is 4.90 Å². The Hall–Kier alpha value is -3.19. The quantitative estimate of drug-likeness (QED) is 0.710. The number of aromatic carboxylic acids is 1. The van der Waals surface area contributed by atoms with Gasteiger partial charge in [0.1, 0.15) is 5.82 Å². The maximum atomic E-state index is 13.1. The minimum Gasteiger partial charge on any atom is -0.478 e. The fourth-order valence-corrected chi connectivity index (χ4v) is 3.51. The molecule has 0 aliphatic heterocycles. The predicted molar refractivity (Wildman–Crippen MR) is 96.0 cm³/mol. The lowest BCUT2D eigenvalue weighted by atomic mass is 10.1. The zero-order chi connectivity index (χ0) is 18.7. The smallest absolute Gasteiger partial charge is 0.335 e. The van der Waals surface area contributed by atoms with Crippen LogP contribution in [0.25, 0.3) is 11.1 Å². The van der Waals surface area contributed by atoms with Crippen LogP contribution in [0.15, 0.2) is 77.7 Å². The molecule has 3 aromatic carbocycles. The van der Waals surface area contributed by atoms with Gasteiger partial charge in [-0.1, -0.05) is 30.3 Å². The van der Waals surface area contributed by atoms with Crippen molar-refractivity contribution in [1.82, 2.24) is 0 Å². The highest BCUT2D eigenvalue weighted by Crippen LogP contribution is 2.24. The number of carboxylic acids is 1. The second-order valence-corrected chi connectivity index (χ2v) is 7.21. The van der Waals surface area contributed by atoms with Crippen molar-refractivity contribution in [3.05, 3.63) is 84.2 Å². The van der Waals surface area contributed by atoms with Crippen LogP contribution in [-0.4, -0.2) is 19.5 Å². The highest BCUT2D eigenvalue weighted by atomic mass is 32.2. The van der Waals surface area contributed by atoms with Crippen LogP contribution < -0.4 is 4.72 Å². The second-order valence-electron chi connectivity index (χ2n) is 5.53. The van der Waals surface area contributed by atoms with E-state index in [-0.39, 0.29) is 22.0 Å². The Morgan fingerprint density at radius 3 is 2.27 bits per heavy atom. The number of anilines is 1. The first-order valence-electron chi connectivity index (χ1n) is 7.57. The van der Waals surface area contributed by atoms with Crippen molar-refractivity contribution >= 4 is 21.7 Å². The molecule has 3 aromatic rings. The standard InChI is InChI=1S/C19H14FNO4S/c20-16-9-7-13(8-10-16)14-3-2-6-18(12-14)26(24,25)21-17-5-1-4-15(11-17)19(22)23/h1-12,21H,(H,22,23). The van der Waals surface area contributed by atoms with Gasteiger partial charge < -0.3 is 5.11 Å². The summed E-state index contributed by atoms with van der Waals surface area (Å²) in [6, 6.07) is 17.4. The van der Waals surface area contributed by atoms with Gasteiger partial charge in [0.25, 0.3) is 10.0 Å². The summed E-state index contributed by atoms with van der Waals surface area (Å²) < 4.78 is 40.6. The van der Waals surface area contributed by atoms with Crippen molar-refractivity contribution in [1.29, 1.82) is 0 Å². The van der Waals surface area contributed by atoms with E-state index in [1.165, 1.54) is 48.5 Å². The molecule has 26 heavy (non-hydrogen) atoms. The zero-order valence-electron chi connectivity index (χ0n) is 13.4. The summed E-state index contributed by atoms with van der Waals surface area (Å²) in [5.74, 6) is -1.53. The normalized spacial score (nSPS) is 11.1. The van der Waals surface area contributed by atoms with Gasteiger partial charge in [0, 0.05) is 5.69 Å². The molecular weight excluding hydrogens is 357 g/mol. The summed E-state index contributed by atoms with van der Waals surface area (Å²) in [7, 11) is -3.91. The number of benzene rings is 3. The third-order valence-electron chi connectivity index (χ3n) is 3.68. The first kappa shape index (κ1) is 17.6. The molecule has 5 nitrogen and oxygen atoms in total. The van der Waals surface area contributed by atoms with Crippen LogP contribution in [0.5, 0.6) is 0 Å². The molecule has 2 N–H and O–H groups in total. The summed E-state index contributed by atoms with van der Waals surface area (Å²) in [5.41, 5.74) is 1.42. The Morgan fingerprint density at radius 2 is 1.58 bits per heavy atom. The Bertz CT molecular complexity index is 1060. The van der Waals surface area contributed by atoms with Crippen molar-refractivity contribution in [2.75, 3.05) is 4.72 Å². The van der Waals surface area contributed by atoms with Crippen LogP contribution in [0.2, 0.25) is 0 Å². The SMILES string of the molecule is O=C(O)c1cccc(NS(=O)(=O)c2cccc(-c3ccc(F)cc3)c2)c1. The average molecular weight is 371 g/mol. The van der Waals surface area contributed by atoms with E-state index in [0.717, 1.165) is 0 Å². The number of hydrogen-bond acceptors (Lipinski definition) is 3. The molecule has 0 saturated heterocycles. The molecule has 0 aliphatic rings. The van der Waals surface area contributed by atoms with Gasteiger partial charge in [0.15, 0.2) is 0 Å². The van der Waals surface area contributed by atoms with E-state index in [4.69, 9.17) is 5.11 Å². The molecule has 0 bridgehead atoms. The van der Waals surface area contributed by atoms with Crippen molar-refractivity contribution in [2.24, 2.45) is 0 Å². The molecule has 3 rings (SSSR count). The molecular formula is C19H14FNO4S. The van der Waals surface area contributed by atoms with Crippen LogP contribution in [-0.2, 0) is 10.0 Å². The topological polar surface area (TPSA) is 83.5 Å². The van der Waals surface area contributed by atoms with E-state index in [1.807, 2.05) is 0 Å². The van der Waals surface area contributed by atoms with Crippen LogP contribution in [0.4, 0.5) is 10.1 Å². The first-order chi connectivity index (χ1) is 12.3. The van der Waals surface area contributed by atoms with Crippen molar-refractivity contribution in [3.63, 3.8) is 0 Å². The van der Waals surface area contributed by atoms with Gasteiger partial charge in [-0.3, -0.25) is 4.72 Å². The van der Waals surface area contributed by atoms with E-state index in [1.54, 1.807) is 24.3 Å². The summed E-state index contributed by atoms with van der Waals surface area (Å²) >= 11 is 0. The molecule has 0 saturated carbocycles. The highest BCUT2D eigenvalue weighted by molar-refractivity contribution is 7.92. The lowest BCUT2D eigenvalue weighted by molar-refractivity contribution is 0.0697. The molecule has 7 heteroatoms. The minimum absolute atomic E-state index is 0.0139. The van der Waals surface area contributed by atoms with Gasteiger partial charge in [0.2, 0.25) is 0 Å². The third kappa shape index (κ3) is 3.89. The fourth-order valence-electron chi connectivity index (χ4n) is 2.41. The van der Waals surface area contributed by atoms with Crippen LogP contribution in [0.3, 0.4) is 0 Å². The second kappa shape index (κ2) is 6.97. The number of hydrogen-bond donors (Lipinski definition) is 2. The number of carbonyl (C=O) groups is 1. The summed E-state index contributed by atoms with van der Waals surface area (Å²) in [4.78, 5) is 11.0. The number of rotatable bonds is 5. The predicted octanol–water partition coefficient (Wildman–Crippen LogP) is 3.99. The third-order valence-corrected chi connectivity index (χ3v) is 5.06. The van der Waals surface area contributed by atoms with E-state index in [2.05, 4.69) is 4.72 Å². The number of halogens is 1. The molecule has 0 unspecified atom stereocenters. The highest BCUT2D eigenvalue weighted by Gasteiger charge is 2.16. The van der Waals surface area contributed by atoms with Crippen LogP contribution >= 0.6 is 0 Å². The van der Waals surface area contributed by atoms with E-state index < -0.39 is 16.0 Å².